The minimum atomic E-state index is -0.720. The second kappa shape index (κ2) is 13.7. The Kier molecular flexibility index (Phi) is 11.4. The fourth-order valence-electron chi connectivity index (χ4n) is 3.13. The highest BCUT2D eigenvalue weighted by Gasteiger charge is 2.19. The van der Waals surface area contributed by atoms with Crippen molar-refractivity contribution < 1.29 is 13.7 Å². The number of nitrogens with one attached hydrogen (secondary N) is 2. The van der Waals surface area contributed by atoms with Crippen LogP contribution in [0.1, 0.15) is 39.2 Å². The molecule has 2 rings (SSSR count). The van der Waals surface area contributed by atoms with Crippen molar-refractivity contribution in [1.29, 1.82) is 0 Å². The first-order valence-electron chi connectivity index (χ1n) is 10.8. The topological polar surface area (TPSA) is 106 Å². The summed E-state index contributed by atoms with van der Waals surface area (Å²) in [6.45, 7) is 6.69. The van der Waals surface area contributed by atoms with E-state index in [2.05, 4.69) is 15.6 Å². The summed E-state index contributed by atoms with van der Waals surface area (Å²) >= 11 is 12.1. The molecule has 1 aromatic rings. The van der Waals surface area contributed by atoms with Crippen molar-refractivity contribution in [3.8, 4) is 0 Å². The van der Waals surface area contributed by atoms with Crippen molar-refractivity contribution in [3.05, 3.63) is 57.0 Å². The van der Waals surface area contributed by atoms with Gasteiger partial charge in [-0.25, -0.2) is 0 Å². The molecule has 1 aliphatic rings. The van der Waals surface area contributed by atoms with Gasteiger partial charge in [0.1, 0.15) is 11.5 Å². The number of nitrogens with zero attached hydrogens (tertiary/aromatic N) is 1. The van der Waals surface area contributed by atoms with Gasteiger partial charge in [0.05, 0.1) is 29.3 Å². The fraction of sp³-hybridized carbons (Fsp3) is 0.478. The summed E-state index contributed by atoms with van der Waals surface area (Å²) in [4.78, 5) is 17.4. The quantitative estimate of drug-likeness (QED) is 0.326. The summed E-state index contributed by atoms with van der Waals surface area (Å²) in [5, 5.41) is 7.08. The number of rotatable bonds is 10. The second-order valence-corrected chi connectivity index (χ2v) is 10.4. The monoisotopic (exact) mass is 514 g/mol. The molecular weight excluding hydrogens is 483 g/mol. The van der Waals surface area contributed by atoms with Gasteiger partial charge in [-0.1, -0.05) is 29.3 Å². The zero-order valence-corrected chi connectivity index (χ0v) is 21.6. The minimum absolute atomic E-state index is 0.101. The van der Waals surface area contributed by atoms with Crippen molar-refractivity contribution in [2.75, 3.05) is 24.7 Å². The largest absolute Gasteiger partial charge is 0.404 e. The Balaban J connectivity index is 1.97. The Morgan fingerprint density at radius 3 is 2.55 bits per heavy atom. The number of hydrogen-bond acceptors (Lipinski definition) is 6. The van der Waals surface area contributed by atoms with Crippen LogP contribution in [-0.4, -0.2) is 46.6 Å². The van der Waals surface area contributed by atoms with E-state index in [1.807, 2.05) is 19.9 Å². The van der Waals surface area contributed by atoms with Crippen molar-refractivity contribution in [2.45, 2.75) is 46.3 Å². The second-order valence-electron chi connectivity index (χ2n) is 7.93. The zero-order chi connectivity index (χ0) is 24.4. The predicted molar refractivity (Wildman–Crippen MR) is 137 cm³/mol. The van der Waals surface area contributed by atoms with E-state index < -0.39 is 10.8 Å². The summed E-state index contributed by atoms with van der Waals surface area (Å²) in [5.74, 6) is 1.57. The van der Waals surface area contributed by atoms with Crippen molar-refractivity contribution in [1.82, 2.24) is 10.6 Å². The maximum atomic E-state index is 13.0. The van der Waals surface area contributed by atoms with Gasteiger partial charge in [0.15, 0.2) is 0 Å². The Bertz CT molecular complexity index is 949. The molecule has 33 heavy (non-hydrogen) atoms. The third-order valence-electron chi connectivity index (χ3n) is 5.08. The van der Waals surface area contributed by atoms with Gasteiger partial charge in [-0.2, -0.15) is 0 Å². The van der Waals surface area contributed by atoms with E-state index in [9.17, 15) is 9.00 Å². The van der Waals surface area contributed by atoms with E-state index in [0.717, 1.165) is 24.0 Å². The third-order valence-corrected chi connectivity index (χ3v) is 7.20. The van der Waals surface area contributed by atoms with Gasteiger partial charge >= 0.3 is 0 Å². The normalized spacial score (nSPS) is 19.2. The number of halogens is 2. The highest BCUT2D eigenvalue weighted by Crippen LogP contribution is 2.22. The van der Waals surface area contributed by atoms with Crippen LogP contribution in [0.3, 0.4) is 0 Å². The third kappa shape index (κ3) is 9.12. The molecule has 4 N–H and O–H groups in total. The van der Waals surface area contributed by atoms with E-state index >= 15 is 0 Å². The van der Waals surface area contributed by atoms with Crippen LogP contribution >= 0.6 is 23.2 Å². The summed E-state index contributed by atoms with van der Waals surface area (Å²) in [6.07, 6.45) is 3.05. The highest BCUT2D eigenvalue weighted by molar-refractivity contribution is 7.85. The molecule has 1 aliphatic heterocycles. The molecule has 0 atom stereocenters. The van der Waals surface area contributed by atoms with E-state index in [1.54, 1.807) is 19.1 Å². The molecule has 1 aromatic carbocycles. The molecule has 1 amide bonds. The first-order valence-corrected chi connectivity index (χ1v) is 13.0. The summed E-state index contributed by atoms with van der Waals surface area (Å²) in [6, 6.07) is 5.37. The van der Waals surface area contributed by atoms with Crippen molar-refractivity contribution in [3.63, 3.8) is 0 Å². The van der Waals surface area contributed by atoms with Crippen LogP contribution in [0.2, 0.25) is 10.0 Å². The average molecular weight is 516 g/mol. The maximum Gasteiger partial charge on any atom is 0.275 e. The Morgan fingerprint density at radius 2 is 1.94 bits per heavy atom. The van der Waals surface area contributed by atoms with Gasteiger partial charge < -0.3 is 21.1 Å². The summed E-state index contributed by atoms with van der Waals surface area (Å²) in [5.41, 5.74) is 8.30. The lowest BCUT2D eigenvalue weighted by atomic mass is 10.1. The number of ether oxygens (including phenoxy) is 1. The van der Waals surface area contributed by atoms with Gasteiger partial charge in [0.25, 0.3) is 5.91 Å². The number of allylic oxidation sites excluding steroid dienone is 1. The van der Waals surface area contributed by atoms with E-state index in [0.29, 0.717) is 52.6 Å². The van der Waals surface area contributed by atoms with Crippen molar-refractivity contribution >= 4 is 45.6 Å². The molecule has 0 aliphatic carbocycles. The molecule has 1 heterocycles. The lowest BCUT2D eigenvalue weighted by Gasteiger charge is -2.21. The van der Waals surface area contributed by atoms with Gasteiger partial charge in [-0.05, 0) is 68.7 Å². The molecule has 0 spiro atoms. The SMILES string of the molecule is CC(=CN)C(=NCCOC1CCS(=O)CC1)C(=O)NC(NCc1ccc(Cl)c(Cl)c1)=C(C)C. The summed E-state index contributed by atoms with van der Waals surface area (Å²) in [7, 11) is -0.720. The number of amides is 1. The molecule has 1 saturated heterocycles. The molecule has 10 heteroatoms. The van der Waals surface area contributed by atoms with Crippen LogP contribution in [0.15, 0.2) is 46.4 Å². The van der Waals surface area contributed by atoms with Gasteiger partial charge in [0, 0.05) is 28.9 Å². The Morgan fingerprint density at radius 1 is 1.24 bits per heavy atom. The standard InChI is InChI=1S/C23H32Cl2N4O3S/c1-15(2)22(28-14-17-4-5-19(24)20(25)12-17)29-23(30)21(16(3)13-26)27-8-9-32-18-6-10-33(31)11-7-18/h4-5,12-13,18,28H,6-11,14,26H2,1-3H3,(H,29,30). The Hall–Kier alpha value is -1.87. The van der Waals surface area contributed by atoms with E-state index in [4.69, 9.17) is 33.7 Å². The molecule has 182 valence electrons. The number of aliphatic imine (C=N–C) groups is 1. The summed E-state index contributed by atoms with van der Waals surface area (Å²) < 4.78 is 17.3. The molecule has 0 radical (unpaired) electrons. The molecular formula is C23H32Cl2N4O3S. The van der Waals surface area contributed by atoms with Crippen LogP contribution < -0.4 is 16.4 Å². The molecule has 1 fully saturated rings. The average Bonchev–Trinajstić information content (AvgIpc) is 2.79. The lowest BCUT2D eigenvalue weighted by Crippen LogP contribution is -2.37. The van der Waals surface area contributed by atoms with Crippen LogP contribution in [0.25, 0.3) is 0 Å². The zero-order valence-electron chi connectivity index (χ0n) is 19.2. The molecule has 0 aromatic heterocycles. The minimum Gasteiger partial charge on any atom is -0.404 e. The van der Waals surface area contributed by atoms with E-state index in [1.165, 1.54) is 6.20 Å². The molecule has 7 nitrogen and oxygen atoms in total. The number of carbonyl (C=O) groups excluding carboxylic acids is 1. The smallest absolute Gasteiger partial charge is 0.275 e. The van der Waals surface area contributed by atoms with Crippen LogP contribution in [0.4, 0.5) is 0 Å². The van der Waals surface area contributed by atoms with Gasteiger partial charge in [-0.15, -0.1) is 0 Å². The van der Waals surface area contributed by atoms with Gasteiger partial charge in [0.2, 0.25) is 0 Å². The number of nitrogens with two attached hydrogens (primary N) is 1. The number of hydrogen-bond donors (Lipinski definition) is 3. The lowest BCUT2D eigenvalue weighted by molar-refractivity contribution is -0.114. The molecule has 0 bridgehead atoms. The maximum absolute atomic E-state index is 13.0. The van der Waals surface area contributed by atoms with Crippen LogP contribution in [-0.2, 0) is 26.9 Å². The Labute approximate surface area is 208 Å². The van der Waals surface area contributed by atoms with Crippen LogP contribution in [0.5, 0.6) is 0 Å². The van der Waals surface area contributed by atoms with Gasteiger partial charge in [-0.3, -0.25) is 14.0 Å². The molecule has 0 saturated carbocycles. The van der Waals surface area contributed by atoms with Crippen LogP contribution in [0, 0.1) is 0 Å². The first-order chi connectivity index (χ1) is 15.7. The van der Waals surface area contributed by atoms with Crippen molar-refractivity contribution in [2.24, 2.45) is 10.7 Å². The van der Waals surface area contributed by atoms with E-state index in [-0.39, 0.29) is 17.7 Å². The number of carbonyl (C=O) groups is 1. The fourth-order valence-corrected chi connectivity index (χ4v) is 4.71. The number of benzene rings is 1. The predicted octanol–water partition coefficient (Wildman–Crippen LogP) is 3.68. The molecule has 0 unspecified atom stereocenters. The highest BCUT2D eigenvalue weighted by atomic mass is 35.5. The first kappa shape index (κ1) is 27.4.